The SMILES string of the molecule is COc1cc(C(C)(C)NC(=O)C2CCCCC2)ccc1CCC(=O)NC(C)C. The fourth-order valence-electron chi connectivity index (χ4n) is 3.83. The first kappa shape index (κ1) is 22.3. The molecule has 1 aliphatic carbocycles. The molecule has 1 saturated carbocycles. The van der Waals surface area contributed by atoms with Crippen LogP contribution < -0.4 is 15.4 Å². The Labute approximate surface area is 169 Å². The number of amides is 2. The molecule has 1 aromatic carbocycles. The van der Waals surface area contributed by atoms with Crippen molar-refractivity contribution in [1.82, 2.24) is 10.6 Å². The average molecular weight is 389 g/mol. The normalized spacial score (nSPS) is 15.4. The molecule has 2 amide bonds. The van der Waals surface area contributed by atoms with Crippen molar-refractivity contribution in [2.45, 2.75) is 84.2 Å². The Balaban J connectivity index is 2.05. The van der Waals surface area contributed by atoms with Gasteiger partial charge in [-0.2, -0.15) is 0 Å². The van der Waals surface area contributed by atoms with Gasteiger partial charge in [0.1, 0.15) is 5.75 Å². The van der Waals surface area contributed by atoms with E-state index in [-0.39, 0.29) is 23.8 Å². The Morgan fingerprint density at radius 2 is 1.86 bits per heavy atom. The van der Waals surface area contributed by atoms with Crippen molar-refractivity contribution in [3.8, 4) is 5.75 Å². The highest BCUT2D eigenvalue weighted by Crippen LogP contribution is 2.30. The van der Waals surface area contributed by atoms with E-state index in [2.05, 4.69) is 10.6 Å². The minimum absolute atomic E-state index is 0.0428. The average Bonchev–Trinajstić information content (AvgIpc) is 2.66. The molecule has 0 saturated heterocycles. The van der Waals surface area contributed by atoms with Gasteiger partial charge in [-0.15, -0.1) is 0 Å². The lowest BCUT2D eigenvalue weighted by Crippen LogP contribution is -2.44. The Kier molecular flexibility index (Phi) is 7.90. The highest BCUT2D eigenvalue weighted by atomic mass is 16.5. The van der Waals surface area contributed by atoms with Crippen molar-refractivity contribution in [2.75, 3.05) is 7.11 Å². The predicted octanol–water partition coefficient (Wildman–Crippen LogP) is 4.08. The second-order valence-corrected chi connectivity index (χ2v) is 8.70. The number of hydrogen-bond acceptors (Lipinski definition) is 3. The summed E-state index contributed by atoms with van der Waals surface area (Å²) < 4.78 is 5.57. The third-order valence-electron chi connectivity index (χ3n) is 5.49. The van der Waals surface area contributed by atoms with E-state index < -0.39 is 5.54 Å². The summed E-state index contributed by atoms with van der Waals surface area (Å²) in [5.74, 6) is 1.09. The Hall–Kier alpha value is -2.04. The molecular weight excluding hydrogens is 352 g/mol. The zero-order valence-corrected chi connectivity index (χ0v) is 18.1. The largest absolute Gasteiger partial charge is 0.496 e. The van der Waals surface area contributed by atoms with Gasteiger partial charge < -0.3 is 15.4 Å². The topological polar surface area (TPSA) is 67.4 Å². The number of methoxy groups -OCH3 is 1. The molecule has 0 radical (unpaired) electrons. The lowest BCUT2D eigenvalue weighted by Gasteiger charge is -2.31. The number of ether oxygens (including phenoxy) is 1. The predicted molar refractivity (Wildman–Crippen MR) is 112 cm³/mol. The molecule has 0 spiro atoms. The van der Waals surface area contributed by atoms with Gasteiger partial charge in [0.25, 0.3) is 0 Å². The smallest absolute Gasteiger partial charge is 0.223 e. The summed E-state index contributed by atoms with van der Waals surface area (Å²) in [4.78, 5) is 24.6. The molecule has 156 valence electrons. The number of rotatable bonds is 8. The van der Waals surface area contributed by atoms with Crippen molar-refractivity contribution in [1.29, 1.82) is 0 Å². The van der Waals surface area contributed by atoms with Gasteiger partial charge in [-0.3, -0.25) is 9.59 Å². The minimum Gasteiger partial charge on any atom is -0.496 e. The second-order valence-electron chi connectivity index (χ2n) is 8.70. The van der Waals surface area contributed by atoms with E-state index >= 15 is 0 Å². The highest BCUT2D eigenvalue weighted by Gasteiger charge is 2.28. The maximum absolute atomic E-state index is 12.7. The minimum atomic E-state index is -0.477. The van der Waals surface area contributed by atoms with Crippen LogP contribution in [0.5, 0.6) is 5.75 Å². The Morgan fingerprint density at radius 1 is 1.18 bits per heavy atom. The zero-order valence-electron chi connectivity index (χ0n) is 18.1. The first-order chi connectivity index (χ1) is 13.2. The first-order valence-corrected chi connectivity index (χ1v) is 10.5. The van der Waals surface area contributed by atoms with E-state index in [0.29, 0.717) is 12.8 Å². The van der Waals surface area contributed by atoms with Crippen LogP contribution >= 0.6 is 0 Å². The molecule has 0 aliphatic heterocycles. The van der Waals surface area contributed by atoms with E-state index in [1.807, 2.05) is 45.9 Å². The van der Waals surface area contributed by atoms with Crippen LogP contribution in [0.1, 0.15) is 77.3 Å². The molecule has 0 aromatic heterocycles. The monoisotopic (exact) mass is 388 g/mol. The number of nitrogens with one attached hydrogen (secondary N) is 2. The third kappa shape index (κ3) is 6.25. The molecular formula is C23H36N2O3. The van der Waals surface area contributed by atoms with Crippen LogP contribution in [-0.2, 0) is 21.5 Å². The van der Waals surface area contributed by atoms with Crippen LogP contribution in [0.15, 0.2) is 18.2 Å². The van der Waals surface area contributed by atoms with Gasteiger partial charge in [0.15, 0.2) is 0 Å². The maximum Gasteiger partial charge on any atom is 0.223 e. The van der Waals surface area contributed by atoms with E-state index in [1.165, 1.54) is 6.42 Å². The van der Waals surface area contributed by atoms with Gasteiger partial charge in [0, 0.05) is 18.4 Å². The van der Waals surface area contributed by atoms with E-state index in [0.717, 1.165) is 42.6 Å². The van der Waals surface area contributed by atoms with Crippen molar-refractivity contribution in [2.24, 2.45) is 5.92 Å². The van der Waals surface area contributed by atoms with Crippen molar-refractivity contribution < 1.29 is 14.3 Å². The highest BCUT2D eigenvalue weighted by molar-refractivity contribution is 5.79. The summed E-state index contributed by atoms with van der Waals surface area (Å²) in [6.45, 7) is 7.96. The molecule has 2 N–H and O–H groups in total. The van der Waals surface area contributed by atoms with Gasteiger partial charge in [0.05, 0.1) is 12.6 Å². The Bertz CT molecular complexity index is 676. The van der Waals surface area contributed by atoms with Crippen LogP contribution in [0.25, 0.3) is 0 Å². The molecule has 0 bridgehead atoms. The number of hydrogen-bond donors (Lipinski definition) is 2. The van der Waals surface area contributed by atoms with Crippen LogP contribution in [0.3, 0.4) is 0 Å². The molecule has 1 aromatic rings. The van der Waals surface area contributed by atoms with Crippen molar-refractivity contribution in [3.05, 3.63) is 29.3 Å². The summed E-state index contributed by atoms with van der Waals surface area (Å²) in [6.07, 6.45) is 6.55. The summed E-state index contributed by atoms with van der Waals surface area (Å²) in [5, 5.41) is 6.14. The van der Waals surface area contributed by atoms with Gasteiger partial charge in [0.2, 0.25) is 11.8 Å². The van der Waals surface area contributed by atoms with Crippen LogP contribution in [0.2, 0.25) is 0 Å². The van der Waals surface area contributed by atoms with Crippen molar-refractivity contribution >= 4 is 11.8 Å². The number of carbonyl (C=O) groups excluding carboxylic acids is 2. The van der Waals surface area contributed by atoms with E-state index in [1.54, 1.807) is 7.11 Å². The summed E-state index contributed by atoms with van der Waals surface area (Å²) >= 11 is 0. The van der Waals surface area contributed by atoms with Crippen LogP contribution in [0, 0.1) is 5.92 Å². The number of benzene rings is 1. The summed E-state index contributed by atoms with van der Waals surface area (Å²) in [6, 6.07) is 6.16. The molecule has 5 nitrogen and oxygen atoms in total. The lowest BCUT2D eigenvalue weighted by molar-refractivity contribution is -0.127. The van der Waals surface area contributed by atoms with Crippen molar-refractivity contribution in [3.63, 3.8) is 0 Å². The van der Waals surface area contributed by atoms with Crippen LogP contribution in [-0.4, -0.2) is 25.0 Å². The second kappa shape index (κ2) is 9.94. The molecule has 0 atom stereocenters. The molecule has 1 fully saturated rings. The van der Waals surface area contributed by atoms with E-state index in [4.69, 9.17) is 4.74 Å². The van der Waals surface area contributed by atoms with Gasteiger partial charge in [-0.1, -0.05) is 31.4 Å². The summed E-state index contributed by atoms with van der Waals surface area (Å²) in [5.41, 5.74) is 1.53. The van der Waals surface area contributed by atoms with Crippen LogP contribution in [0.4, 0.5) is 0 Å². The third-order valence-corrected chi connectivity index (χ3v) is 5.49. The fraction of sp³-hybridized carbons (Fsp3) is 0.652. The van der Waals surface area contributed by atoms with Gasteiger partial charge in [-0.05, 0) is 64.2 Å². The maximum atomic E-state index is 12.7. The van der Waals surface area contributed by atoms with E-state index in [9.17, 15) is 9.59 Å². The van der Waals surface area contributed by atoms with Gasteiger partial charge >= 0.3 is 0 Å². The molecule has 28 heavy (non-hydrogen) atoms. The molecule has 1 aliphatic rings. The summed E-state index contributed by atoms with van der Waals surface area (Å²) in [7, 11) is 1.64. The fourth-order valence-corrected chi connectivity index (χ4v) is 3.83. The quantitative estimate of drug-likeness (QED) is 0.705. The Morgan fingerprint density at radius 3 is 2.46 bits per heavy atom. The molecule has 0 unspecified atom stereocenters. The molecule has 5 heteroatoms. The zero-order chi connectivity index (χ0) is 20.7. The number of carbonyl (C=O) groups is 2. The molecule has 2 rings (SSSR count). The standard InChI is InChI=1S/C23H36N2O3/c1-16(2)24-21(26)14-12-17-11-13-19(15-20(17)28-5)23(3,4)25-22(27)18-9-7-6-8-10-18/h11,13,15-16,18H,6-10,12,14H2,1-5H3,(H,24,26)(H,25,27). The lowest BCUT2D eigenvalue weighted by atomic mass is 9.86. The first-order valence-electron chi connectivity index (χ1n) is 10.5. The van der Waals surface area contributed by atoms with Gasteiger partial charge in [-0.25, -0.2) is 0 Å². The molecule has 0 heterocycles. The number of aryl methyl sites for hydroxylation is 1.